The van der Waals surface area contributed by atoms with Crippen LogP contribution in [0.2, 0.25) is 36.3 Å². The van der Waals surface area contributed by atoms with Gasteiger partial charge in [0, 0.05) is 49.8 Å². The van der Waals surface area contributed by atoms with Crippen LogP contribution in [0, 0.1) is 0 Å². The Kier molecular flexibility index (Phi) is 13.5. The van der Waals surface area contributed by atoms with Gasteiger partial charge in [0.15, 0.2) is 8.32 Å². The van der Waals surface area contributed by atoms with Crippen molar-refractivity contribution in [3.63, 3.8) is 0 Å². The maximum absolute atomic E-state index is 6.67. The Balaban J connectivity index is 1.99. The number of benzene rings is 3. The van der Waals surface area contributed by atoms with E-state index in [2.05, 4.69) is 36.4 Å². The second kappa shape index (κ2) is 16.4. The standard InChI is InChI=1S/C31H48O7Si4/c1-32-39(23-26-40(33-2,34-3)29-17-11-8-12-18-29,24-27-41(35-4,36-5)30-19-13-9-14-20-30)25-28-42(37-6,38-7)31-21-15-10-16-22-31/h8-22H,23-28H2,1-7H3. The minimum Gasteiger partial charge on any atom is -0.420 e. The van der Waals surface area contributed by atoms with E-state index in [0.29, 0.717) is 0 Å². The molecule has 0 bridgehead atoms. The highest BCUT2D eigenvalue weighted by Crippen LogP contribution is 2.35. The summed E-state index contributed by atoms with van der Waals surface area (Å²) in [6, 6.07) is 36.0. The fraction of sp³-hybridized carbons (Fsp3) is 0.419. The predicted molar refractivity (Wildman–Crippen MR) is 179 cm³/mol. The van der Waals surface area contributed by atoms with E-state index in [4.69, 9.17) is 31.0 Å². The zero-order chi connectivity index (χ0) is 30.5. The van der Waals surface area contributed by atoms with Gasteiger partial charge in [-0.3, -0.25) is 0 Å². The van der Waals surface area contributed by atoms with Crippen LogP contribution < -0.4 is 15.6 Å². The van der Waals surface area contributed by atoms with Crippen molar-refractivity contribution < 1.29 is 31.0 Å². The van der Waals surface area contributed by atoms with E-state index >= 15 is 0 Å². The lowest BCUT2D eigenvalue weighted by Gasteiger charge is -2.38. The van der Waals surface area contributed by atoms with Gasteiger partial charge < -0.3 is 31.0 Å². The van der Waals surface area contributed by atoms with E-state index in [1.807, 2.05) is 61.7 Å². The van der Waals surface area contributed by atoms with Crippen LogP contribution >= 0.6 is 0 Å². The van der Waals surface area contributed by atoms with Crippen LogP contribution in [0.4, 0.5) is 0 Å². The SMILES string of the molecule is CO[Si](CC[Si](OC)(OC)c1ccccc1)(CC[Si](OC)(OC)c1ccccc1)CC[Si](OC)(OC)c1ccccc1. The van der Waals surface area contributed by atoms with Crippen molar-refractivity contribution in [2.45, 2.75) is 36.3 Å². The maximum atomic E-state index is 6.67. The summed E-state index contributed by atoms with van der Waals surface area (Å²) in [5, 5.41) is 3.37. The van der Waals surface area contributed by atoms with Gasteiger partial charge in [-0.2, -0.15) is 0 Å². The molecule has 0 radical (unpaired) electrons. The Bertz CT molecular complexity index is 1020. The molecule has 0 saturated carbocycles. The summed E-state index contributed by atoms with van der Waals surface area (Å²) >= 11 is 0. The highest BCUT2D eigenvalue weighted by molar-refractivity contribution is 6.87. The molecule has 0 aromatic heterocycles. The van der Waals surface area contributed by atoms with E-state index in [0.717, 1.165) is 51.8 Å². The van der Waals surface area contributed by atoms with Gasteiger partial charge in [0.25, 0.3) is 0 Å². The molecular formula is C31H48O7Si4. The van der Waals surface area contributed by atoms with Crippen molar-refractivity contribution in [2.24, 2.45) is 0 Å². The fourth-order valence-corrected chi connectivity index (χ4v) is 22.8. The molecule has 3 aromatic carbocycles. The number of hydrogen-bond donors (Lipinski definition) is 0. The Labute approximate surface area is 256 Å². The molecule has 0 N–H and O–H groups in total. The molecule has 230 valence electrons. The molecule has 3 aromatic rings. The molecule has 42 heavy (non-hydrogen) atoms. The van der Waals surface area contributed by atoms with Crippen molar-refractivity contribution >= 4 is 49.6 Å². The monoisotopic (exact) mass is 644 g/mol. The van der Waals surface area contributed by atoms with Crippen LogP contribution in [0.25, 0.3) is 0 Å². The maximum Gasteiger partial charge on any atom is 0.371 e. The van der Waals surface area contributed by atoms with Gasteiger partial charge >= 0.3 is 25.7 Å². The normalized spacial score (nSPS) is 12.9. The quantitative estimate of drug-likeness (QED) is 0.178. The molecular weight excluding hydrogens is 597 g/mol. The van der Waals surface area contributed by atoms with Gasteiger partial charge in [0.2, 0.25) is 0 Å². The molecule has 0 fully saturated rings. The van der Waals surface area contributed by atoms with Crippen LogP contribution in [-0.4, -0.2) is 83.8 Å². The van der Waals surface area contributed by atoms with Crippen molar-refractivity contribution in [3.8, 4) is 0 Å². The zero-order valence-corrected chi connectivity index (χ0v) is 30.3. The molecule has 0 unspecified atom stereocenters. The Morgan fingerprint density at radius 2 is 0.571 bits per heavy atom. The molecule has 0 spiro atoms. The smallest absolute Gasteiger partial charge is 0.371 e. The number of rotatable bonds is 19. The molecule has 0 aliphatic rings. The summed E-state index contributed by atoms with van der Waals surface area (Å²) in [5.41, 5.74) is 0. The van der Waals surface area contributed by atoms with E-state index in [9.17, 15) is 0 Å². The molecule has 0 atom stereocenters. The fourth-order valence-electron chi connectivity index (χ4n) is 5.94. The van der Waals surface area contributed by atoms with Gasteiger partial charge in [0.05, 0.1) is 0 Å². The minimum atomic E-state index is -2.70. The molecule has 0 aliphatic carbocycles. The van der Waals surface area contributed by atoms with Gasteiger partial charge in [-0.1, -0.05) is 91.0 Å². The molecule has 11 heteroatoms. The van der Waals surface area contributed by atoms with Gasteiger partial charge in [-0.25, -0.2) is 0 Å². The second-order valence-corrected chi connectivity index (χ2v) is 24.9. The van der Waals surface area contributed by atoms with Crippen LogP contribution in [0.5, 0.6) is 0 Å². The first-order valence-electron chi connectivity index (χ1n) is 14.4. The lowest BCUT2D eigenvalue weighted by Crippen LogP contribution is -2.57. The molecule has 3 rings (SSSR count). The van der Waals surface area contributed by atoms with E-state index in [-0.39, 0.29) is 0 Å². The average Bonchev–Trinajstić information content (AvgIpc) is 3.07. The summed E-state index contributed by atoms with van der Waals surface area (Å²) < 4.78 is 44.0. The Morgan fingerprint density at radius 1 is 0.333 bits per heavy atom. The highest BCUT2D eigenvalue weighted by atomic mass is 28.4. The van der Waals surface area contributed by atoms with Crippen LogP contribution in [0.15, 0.2) is 91.0 Å². The lowest BCUT2D eigenvalue weighted by molar-refractivity contribution is 0.255. The van der Waals surface area contributed by atoms with Crippen molar-refractivity contribution in [2.75, 3.05) is 49.8 Å². The molecule has 0 heterocycles. The molecule has 0 aliphatic heterocycles. The van der Waals surface area contributed by atoms with Gasteiger partial charge in [-0.05, 0) is 51.8 Å². The molecule has 0 amide bonds. The van der Waals surface area contributed by atoms with E-state index < -0.39 is 34.0 Å². The summed E-state index contributed by atoms with van der Waals surface area (Å²) in [6.07, 6.45) is 0. The van der Waals surface area contributed by atoms with Gasteiger partial charge in [-0.15, -0.1) is 0 Å². The first kappa shape index (κ1) is 34.7. The summed E-state index contributed by atoms with van der Waals surface area (Å²) in [4.78, 5) is 0. The lowest BCUT2D eigenvalue weighted by atomic mass is 10.4. The van der Waals surface area contributed by atoms with Gasteiger partial charge in [0.1, 0.15) is 0 Å². The Morgan fingerprint density at radius 3 is 0.762 bits per heavy atom. The summed E-state index contributed by atoms with van der Waals surface area (Å²) in [7, 11) is 1.90. The first-order chi connectivity index (χ1) is 20.4. The van der Waals surface area contributed by atoms with Crippen LogP contribution in [0.1, 0.15) is 0 Å². The van der Waals surface area contributed by atoms with Crippen molar-refractivity contribution in [1.82, 2.24) is 0 Å². The van der Waals surface area contributed by atoms with Crippen LogP contribution in [-0.2, 0) is 31.0 Å². The largest absolute Gasteiger partial charge is 0.420 e. The zero-order valence-electron chi connectivity index (χ0n) is 26.3. The van der Waals surface area contributed by atoms with Crippen molar-refractivity contribution in [1.29, 1.82) is 0 Å². The average molecular weight is 645 g/mol. The van der Waals surface area contributed by atoms with E-state index in [1.54, 1.807) is 42.7 Å². The molecule has 7 nitrogen and oxygen atoms in total. The third-order valence-corrected chi connectivity index (χ3v) is 25.0. The third kappa shape index (κ3) is 7.84. The first-order valence-corrected chi connectivity index (χ1v) is 23.0. The van der Waals surface area contributed by atoms with Crippen molar-refractivity contribution in [3.05, 3.63) is 91.0 Å². The van der Waals surface area contributed by atoms with E-state index in [1.165, 1.54) is 0 Å². The molecule has 0 saturated heterocycles. The highest BCUT2D eigenvalue weighted by Gasteiger charge is 2.49. The predicted octanol–water partition coefficient (Wildman–Crippen LogP) is 4.50. The van der Waals surface area contributed by atoms with Crippen LogP contribution in [0.3, 0.4) is 0 Å². The second-order valence-electron chi connectivity index (χ2n) is 10.5. The minimum absolute atomic E-state index is 0.782. The topological polar surface area (TPSA) is 64.6 Å². The Hall–Kier alpha value is -1.75. The number of hydrogen-bond acceptors (Lipinski definition) is 7. The third-order valence-electron chi connectivity index (χ3n) is 8.78. The summed E-state index contributed by atoms with van der Waals surface area (Å²) in [5.74, 6) is 0. The summed E-state index contributed by atoms with van der Waals surface area (Å²) in [6.45, 7) is 0.